The van der Waals surface area contributed by atoms with E-state index in [1.165, 1.54) is 0 Å². The minimum absolute atomic E-state index is 0.465. The van der Waals surface area contributed by atoms with Gasteiger partial charge in [0.05, 0.1) is 5.60 Å². The maximum absolute atomic E-state index is 10.3. The fourth-order valence-electron chi connectivity index (χ4n) is 2.48. The van der Waals surface area contributed by atoms with Crippen LogP contribution in [0.3, 0.4) is 0 Å². The summed E-state index contributed by atoms with van der Waals surface area (Å²) in [6.07, 6.45) is 8.28. The zero-order valence-corrected chi connectivity index (χ0v) is 11.2. The smallest absolute Gasteiger partial charge is 0.171 e. The van der Waals surface area contributed by atoms with Crippen LogP contribution in [-0.2, 0) is 0 Å². The monoisotopic (exact) mass is 250 g/mol. The quantitative estimate of drug-likeness (QED) is 0.832. The molecule has 1 aliphatic carbocycles. The molecule has 0 aromatic carbocycles. The van der Waals surface area contributed by atoms with Crippen LogP contribution in [-0.4, -0.2) is 41.3 Å². The third-order valence-corrected chi connectivity index (χ3v) is 3.52. The Bertz CT molecular complexity index is 388. The van der Waals surface area contributed by atoms with Crippen molar-refractivity contribution in [2.24, 2.45) is 0 Å². The Hall–Kier alpha value is -1.36. The summed E-state index contributed by atoms with van der Waals surface area (Å²) >= 11 is 0. The van der Waals surface area contributed by atoms with Crippen molar-refractivity contribution in [1.82, 2.24) is 9.97 Å². The zero-order valence-electron chi connectivity index (χ0n) is 11.2. The average Bonchev–Trinajstić information content (AvgIpc) is 2.77. The largest absolute Gasteiger partial charge is 0.390 e. The first kappa shape index (κ1) is 13.1. The van der Waals surface area contributed by atoms with Gasteiger partial charge >= 0.3 is 0 Å². The van der Waals surface area contributed by atoms with Crippen LogP contribution in [0.15, 0.2) is 12.4 Å². The van der Waals surface area contributed by atoms with Crippen molar-refractivity contribution in [1.29, 1.82) is 0 Å². The number of hydrogen-bond donors (Lipinski definition) is 2. The van der Waals surface area contributed by atoms with Crippen molar-refractivity contribution in [2.75, 3.05) is 30.9 Å². The molecule has 0 aliphatic heterocycles. The molecule has 2 rings (SSSR count). The molecule has 0 bridgehead atoms. The molecule has 0 unspecified atom stereocenters. The van der Waals surface area contributed by atoms with E-state index in [0.717, 1.165) is 50.3 Å². The van der Waals surface area contributed by atoms with Crippen LogP contribution in [0.4, 0.5) is 11.6 Å². The zero-order chi connectivity index (χ0) is 13.0. The average molecular weight is 250 g/mol. The molecular weight excluding hydrogens is 228 g/mol. The van der Waals surface area contributed by atoms with Crippen LogP contribution in [0.1, 0.15) is 32.1 Å². The number of aliphatic hydroxyl groups is 1. The van der Waals surface area contributed by atoms with Gasteiger partial charge in [-0.05, 0) is 19.3 Å². The summed E-state index contributed by atoms with van der Waals surface area (Å²) in [6.45, 7) is 0.732. The number of anilines is 2. The second-order valence-corrected chi connectivity index (χ2v) is 5.23. The topological polar surface area (TPSA) is 61.3 Å². The van der Waals surface area contributed by atoms with Gasteiger partial charge in [-0.15, -0.1) is 0 Å². The highest BCUT2D eigenvalue weighted by molar-refractivity contribution is 5.59. The van der Waals surface area contributed by atoms with Crippen molar-refractivity contribution < 1.29 is 5.11 Å². The van der Waals surface area contributed by atoms with Gasteiger partial charge < -0.3 is 15.3 Å². The summed E-state index contributed by atoms with van der Waals surface area (Å²) in [7, 11) is 3.89. The molecule has 5 heteroatoms. The molecule has 1 aliphatic rings. The van der Waals surface area contributed by atoms with E-state index in [1.54, 1.807) is 12.4 Å². The number of nitrogens with one attached hydrogen (secondary N) is 1. The van der Waals surface area contributed by atoms with E-state index < -0.39 is 5.60 Å². The molecule has 5 nitrogen and oxygen atoms in total. The second-order valence-electron chi connectivity index (χ2n) is 5.23. The molecular formula is C13H22N4O. The van der Waals surface area contributed by atoms with E-state index >= 15 is 0 Å². The Morgan fingerprint density at radius 1 is 1.28 bits per heavy atom. The third-order valence-electron chi connectivity index (χ3n) is 3.52. The van der Waals surface area contributed by atoms with Gasteiger partial charge in [-0.25, -0.2) is 9.97 Å². The number of nitrogens with zero attached hydrogens (tertiary/aromatic N) is 3. The predicted octanol–water partition coefficient (Wildman–Crippen LogP) is 1.65. The Labute approximate surface area is 108 Å². The number of hydrogen-bond acceptors (Lipinski definition) is 5. The Morgan fingerprint density at radius 2 is 1.94 bits per heavy atom. The molecule has 1 fully saturated rings. The second kappa shape index (κ2) is 5.52. The molecule has 0 saturated heterocycles. The highest BCUT2D eigenvalue weighted by atomic mass is 16.3. The standard InChI is InChI=1S/C13H22N4O/c1-17(2)12-11(15-9-10-16-12)14-8-7-13(18)5-3-4-6-13/h9-10,18H,3-8H2,1-2H3,(H,14,15). The molecule has 0 amide bonds. The van der Waals surface area contributed by atoms with Crippen molar-refractivity contribution in [3.8, 4) is 0 Å². The van der Waals surface area contributed by atoms with Gasteiger partial charge in [-0.1, -0.05) is 12.8 Å². The van der Waals surface area contributed by atoms with Gasteiger partial charge in [0.1, 0.15) is 0 Å². The van der Waals surface area contributed by atoms with Crippen LogP contribution in [0.25, 0.3) is 0 Å². The maximum Gasteiger partial charge on any atom is 0.171 e. The van der Waals surface area contributed by atoms with E-state index in [9.17, 15) is 5.11 Å². The Morgan fingerprint density at radius 3 is 2.61 bits per heavy atom. The molecule has 1 heterocycles. The first-order valence-corrected chi connectivity index (χ1v) is 6.55. The molecule has 2 N–H and O–H groups in total. The Balaban J connectivity index is 1.90. The lowest BCUT2D eigenvalue weighted by Crippen LogP contribution is -2.27. The number of rotatable bonds is 5. The maximum atomic E-state index is 10.3. The van der Waals surface area contributed by atoms with Crippen LogP contribution in [0, 0.1) is 0 Å². The van der Waals surface area contributed by atoms with Gasteiger partial charge in [-0.3, -0.25) is 0 Å². The summed E-state index contributed by atoms with van der Waals surface area (Å²) in [5.41, 5.74) is -0.465. The highest BCUT2D eigenvalue weighted by Gasteiger charge is 2.30. The van der Waals surface area contributed by atoms with Crippen molar-refractivity contribution >= 4 is 11.6 Å². The van der Waals surface area contributed by atoms with Gasteiger partial charge in [-0.2, -0.15) is 0 Å². The van der Waals surface area contributed by atoms with Crippen molar-refractivity contribution in [3.63, 3.8) is 0 Å². The van der Waals surface area contributed by atoms with E-state index in [4.69, 9.17) is 0 Å². The summed E-state index contributed by atoms with van der Waals surface area (Å²) in [4.78, 5) is 10.5. The molecule has 0 spiro atoms. The van der Waals surface area contributed by atoms with Gasteiger partial charge in [0.25, 0.3) is 0 Å². The van der Waals surface area contributed by atoms with Crippen LogP contribution < -0.4 is 10.2 Å². The van der Waals surface area contributed by atoms with E-state index in [0.29, 0.717) is 0 Å². The molecule has 100 valence electrons. The van der Waals surface area contributed by atoms with E-state index in [-0.39, 0.29) is 0 Å². The first-order valence-electron chi connectivity index (χ1n) is 6.55. The summed E-state index contributed by atoms with van der Waals surface area (Å²) in [5.74, 6) is 1.61. The minimum Gasteiger partial charge on any atom is -0.390 e. The SMILES string of the molecule is CN(C)c1nccnc1NCCC1(O)CCCC1. The normalized spacial score (nSPS) is 17.7. The fraction of sp³-hybridized carbons (Fsp3) is 0.692. The lowest BCUT2D eigenvalue weighted by atomic mass is 9.98. The van der Waals surface area contributed by atoms with Crippen molar-refractivity contribution in [3.05, 3.63) is 12.4 Å². The third kappa shape index (κ3) is 3.10. The van der Waals surface area contributed by atoms with Gasteiger partial charge in [0, 0.05) is 33.0 Å². The predicted molar refractivity (Wildman–Crippen MR) is 72.9 cm³/mol. The summed E-state index contributed by atoms with van der Waals surface area (Å²) in [5, 5.41) is 13.5. The van der Waals surface area contributed by atoms with E-state index in [2.05, 4.69) is 15.3 Å². The first-order chi connectivity index (χ1) is 8.61. The van der Waals surface area contributed by atoms with Gasteiger partial charge in [0.2, 0.25) is 0 Å². The Kier molecular flexibility index (Phi) is 4.01. The molecule has 1 aromatic rings. The molecule has 1 saturated carbocycles. The number of aromatic nitrogens is 2. The molecule has 0 atom stereocenters. The highest BCUT2D eigenvalue weighted by Crippen LogP contribution is 2.32. The molecule has 0 radical (unpaired) electrons. The fourth-order valence-corrected chi connectivity index (χ4v) is 2.48. The lowest BCUT2D eigenvalue weighted by Gasteiger charge is -2.23. The summed E-state index contributed by atoms with van der Waals surface area (Å²) in [6, 6.07) is 0. The van der Waals surface area contributed by atoms with Gasteiger partial charge in [0.15, 0.2) is 11.6 Å². The van der Waals surface area contributed by atoms with Crippen LogP contribution >= 0.6 is 0 Å². The lowest BCUT2D eigenvalue weighted by molar-refractivity contribution is 0.0424. The summed E-state index contributed by atoms with van der Waals surface area (Å²) < 4.78 is 0. The molecule has 1 aromatic heterocycles. The van der Waals surface area contributed by atoms with Crippen molar-refractivity contribution in [2.45, 2.75) is 37.7 Å². The van der Waals surface area contributed by atoms with Crippen LogP contribution in [0.2, 0.25) is 0 Å². The molecule has 18 heavy (non-hydrogen) atoms. The minimum atomic E-state index is -0.465. The van der Waals surface area contributed by atoms with Crippen LogP contribution in [0.5, 0.6) is 0 Å². The van der Waals surface area contributed by atoms with E-state index in [1.807, 2.05) is 19.0 Å².